The number of piperidine rings is 1. The highest BCUT2D eigenvalue weighted by atomic mass is 16.2. The molecule has 90 valence electrons. The van der Waals surface area contributed by atoms with Gasteiger partial charge in [0.1, 0.15) is 6.04 Å². The van der Waals surface area contributed by atoms with Gasteiger partial charge < -0.3 is 15.1 Å². The van der Waals surface area contributed by atoms with Crippen molar-refractivity contribution >= 4 is 11.8 Å². The molecule has 2 rings (SSSR count). The zero-order valence-electron chi connectivity index (χ0n) is 9.90. The Morgan fingerprint density at radius 2 is 2.12 bits per heavy atom. The monoisotopic (exact) mass is 225 g/mol. The number of hydrogen-bond donors (Lipinski definition) is 1. The zero-order valence-corrected chi connectivity index (χ0v) is 9.90. The fraction of sp³-hybridized carbons (Fsp3) is 0.818. The normalized spacial score (nSPS) is 32.8. The van der Waals surface area contributed by atoms with E-state index in [1.165, 1.54) is 0 Å². The van der Waals surface area contributed by atoms with Crippen LogP contribution in [0.5, 0.6) is 0 Å². The van der Waals surface area contributed by atoms with Crippen LogP contribution in [0.15, 0.2) is 0 Å². The summed E-state index contributed by atoms with van der Waals surface area (Å²) in [6, 6.07) is -0.120. The quantitative estimate of drug-likeness (QED) is 0.650. The third-order valence-corrected chi connectivity index (χ3v) is 3.49. The van der Waals surface area contributed by atoms with E-state index in [9.17, 15) is 9.59 Å². The largest absolute Gasteiger partial charge is 0.345 e. The predicted octanol–water partition coefficient (Wildman–Crippen LogP) is -0.572. The predicted molar refractivity (Wildman–Crippen MR) is 59.8 cm³/mol. The first-order chi connectivity index (χ1) is 7.59. The summed E-state index contributed by atoms with van der Waals surface area (Å²) in [6.07, 6.45) is 2.10. The van der Waals surface area contributed by atoms with Gasteiger partial charge in [-0.1, -0.05) is 0 Å². The molecule has 0 aromatic heterocycles. The smallest absolute Gasteiger partial charge is 0.242 e. The van der Waals surface area contributed by atoms with Crippen LogP contribution < -0.4 is 5.32 Å². The summed E-state index contributed by atoms with van der Waals surface area (Å²) in [5, 5.41) is 2.62. The molecular formula is C11H19N3O2. The lowest BCUT2D eigenvalue weighted by Crippen LogP contribution is -2.62. The van der Waals surface area contributed by atoms with Crippen LogP contribution in [0.1, 0.15) is 19.8 Å². The molecule has 2 fully saturated rings. The molecule has 5 nitrogen and oxygen atoms in total. The van der Waals surface area contributed by atoms with E-state index in [1.807, 2.05) is 0 Å². The Labute approximate surface area is 95.8 Å². The molecule has 2 atom stereocenters. The molecule has 2 unspecified atom stereocenters. The average Bonchev–Trinajstić information content (AvgIpc) is 2.24. The van der Waals surface area contributed by atoms with Crippen molar-refractivity contribution in [2.75, 3.05) is 26.7 Å². The molecule has 5 heteroatoms. The number of nitrogens with one attached hydrogen (secondary N) is 1. The second kappa shape index (κ2) is 4.41. The number of likely N-dealkylation sites (tertiary alicyclic amines) is 1. The first kappa shape index (κ1) is 11.4. The number of likely N-dealkylation sites (N-methyl/N-ethyl adjacent to an activating group) is 1. The third kappa shape index (κ3) is 2.04. The summed E-state index contributed by atoms with van der Waals surface area (Å²) in [5.74, 6) is 0.0141. The van der Waals surface area contributed by atoms with E-state index in [4.69, 9.17) is 0 Å². The van der Waals surface area contributed by atoms with Gasteiger partial charge in [-0.05, 0) is 33.4 Å². The average molecular weight is 225 g/mol. The minimum atomic E-state index is -0.322. The Bertz CT molecular complexity index is 306. The van der Waals surface area contributed by atoms with Gasteiger partial charge in [-0.15, -0.1) is 0 Å². The van der Waals surface area contributed by atoms with E-state index < -0.39 is 0 Å². The molecule has 0 aromatic carbocycles. The molecule has 0 spiro atoms. The first-order valence-electron chi connectivity index (χ1n) is 5.87. The Morgan fingerprint density at radius 3 is 2.81 bits per heavy atom. The summed E-state index contributed by atoms with van der Waals surface area (Å²) < 4.78 is 0. The molecule has 2 aliphatic rings. The van der Waals surface area contributed by atoms with Gasteiger partial charge in [0, 0.05) is 12.6 Å². The highest BCUT2D eigenvalue weighted by molar-refractivity contribution is 5.94. The Hall–Kier alpha value is -1.10. The van der Waals surface area contributed by atoms with Gasteiger partial charge in [0.15, 0.2) is 0 Å². The fourth-order valence-electron chi connectivity index (χ4n) is 2.63. The molecule has 2 saturated heterocycles. The van der Waals surface area contributed by atoms with Crippen LogP contribution in [-0.4, -0.2) is 60.4 Å². The van der Waals surface area contributed by atoms with Crippen molar-refractivity contribution in [2.24, 2.45) is 0 Å². The number of hydrogen-bond acceptors (Lipinski definition) is 3. The molecule has 1 N–H and O–H groups in total. The highest BCUT2D eigenvalue weighted by Crippen LogP contribution is 2.19. The van der Waals surface area contributed by atoms with Gasteiger partial charge in [-0.3, -0.25) is 9.59 Å². The number of rotatable bonds is 1. The van der Waals surface area contributed by atoms with Gasteiger partial charge in [-0.2, -0.15) is 0 Å². The lowest BCUT2D eigenvalue weighted by Gasteiger charge is -2.42. The van der Waals surface area contributed by atoms with Gasteiger partial charge in [0.05, 0.1) is 6.54 Å². The fourth-order valence-corrected chi connectivity index (χ4v) is 2.63. The van der Waals surface area contributed by atoms with E-state index in [-0.39, 0.29) is 30.4 Å². The molecule has 16 heavy (non-hydrogen) atoms. The maximum Gasteiger partial charge on any atom is 0.242 e. The van der Waals surface area contributed by atoms with Crippen molar-refractivity contribution in [3.8, 4) is 0 Å². The first-order valence-corrected chi connectivity index (χ1v) is 5.87. The standard InChI is InChI=1S/C11H19N3O2/c1-8-11(16)12-6-10(15)14(8)9-4-3-5-13(2)7-9/h8-9H,3-7H2,1-2H3,(H,12,16). The molecule has 2 aliphatic heterocycles. The molecule has 2 amide bonds. The van der Waals surface area contributed by atoms with Crippen molar-refractivity contribution in [3.63, 3.8) is 0 Å². The maximum atomic E-state index is 11.8. The second-order valence-electron chi connectivity index (χ2n) is 4.75. The molecule has 2 heterocycles. The summed E-state index contributed by atoms with van der Waals surface area (Å²) >= 11 is 0. The van der Waals surface area contributed by atoms with Crippen molar-refractivity contribution in [1.29, 1.82) is 0 Å². The summed E-state index contributed by atoms with van der Waals surface area (Å²) in [5.41, 5.74) is 0. The number of piperazine rings is 1. The van der Waals surface area contributed by atoms with Crippen LogP contribution in [0.4, 0.5) is 0 Å². The lowest BCUT2D eigenvalue weighted by atomic mass is 10.0. The summed E-state index contributed by atoms with van der Waals surface area (Å²) in [6.45, 7) is 3.92. The SMILES string of the molecule is CC1C(=O)NCC(=O)N1C1CCCN(C)C1. The molecule has 0 radical (unpaired) electrons. The van der Waals surface area contributed by atoms with Crippen molar-refractivity contribution in [2.45, 2.75) is 31.8 Å². The van der Waals surface area contributed by atoms with Gasteiger partial charge in [0.25, 0.3) is 0 Å². The van der Waals surface area contributed by atoms with Crippen LogP contribution in [0.2, 0.25) is 0 Å². The molecule has 0 aliphatic carbocycles. The Morgan fingerprint density at radius 1 is 1.38 bits per heavy atom. The number of carbonyl (C=O) groups is 2. The Balaban J connectivity index is 2.10. The maximum absolute atomic E-state index is 11.8. The van der Waals surface area contributed by atoms with Crippen LogP contribution >= 0.6 is 0 Å². The van der Waals surface area contributed by atoms with Gasteiger partial charge in [0.2, 0.25) is 11.8 Å². The van der Waals surface area contributed by atoms with Crippen molar-refractivity contribution in [3.05, 3.63) is 0 Å². The molecule has 0 saturated carbocycles. The summed E-state index contributed by atoms with van der Waals surface area (Å²) in [4.78, 5) is 27.4. The van der Waals surface area contributed by atoms with Crippen molar-refractivity contribution < 1.29 is 9.59 Å². The topological polar surface area (TPSA) is 52.7 Å². The van der Waals surface area contributed by atoms with Gasteiger partial charge >= 0.3 is 0 Å². The second-order valence-corrected chi connectivity index (χ2v) is 4.75. The van der Waals surface area contributed by atoms with Gasteiger partial charge in [-0.25, -0.2) is 0 Å². The number of nitrogens with zero attached hydrogens (tertiary/aromatic N) is 2. The van der Waals surface area contributed by atoms with E-state index >= 15 is 0 Å². The van der Waals surface area contributed by atoms with Crippen molar-refractivity contribution in [1.82, 2.24) is 15.1 Å². The van der Waals surface area contributed by atoms with E-state index in [2.05, 4.69) is 17.3 Å². The van der Waals surface area contributed by atoms with Crippen LogP contribution in [0, 0.1) is 0 Å². The molecule has 0 aromatic rings. The minimum absolute atomic E-state index is 0.0344. The zero-order chi connectivity index (χ0) is 11.7. The molecular weight excluding hydrogens is 206 g/mol. The molecule has 0 bridgehead atoms. The number of carbonyl (C=O) groups excluding carboxylic acids is 2. The van der Waals surface area contributed by atoms with E-state index in [0.29, 0.717) is 0 Å². The van der Waals surface area contributed by atoms with Crippen LogP contribution in [-0.2, 0) is 9.59 Å². The number of amides is 2. The Kier molecular flexibility index (Phi) is 3.14. The van der Waals surface area contributed by atoms with Crippen LogP contribution in [0.3, 0.4) is 0 Å². The minimum Gasteiger partial charge on any atom is -0.345 e. The van der Waals surface area contributed by atoms with Crippen LogP contribution in [0.25, 0.3) is 0 Å². The third-order valence-electron chi connectivity index (χ3n) is 3.49. The van der Waals surface area contributed by atoms with E-state index in [1.54, 1.807) is 11.8 Å². The highest BCUT2D eigenvalue weighted by Gasteiger charge is 2.37. The summed E-state index contributed by atoms with van der Waals surface area (Å²) in [7, 11) is 2.06. The van der Waals surface area contributed by atoms with E-state index in [0.717, 1.165) is 25.9 Å². The lowest BCUT2D eigenvalue weighted by molar-refractivity contribution is -0.148.